The monoisotopic (exact) mass is 344 g/mol. The number of aromatic nitrogens is 4. The van der Waals surface area contributed by atoms with Crippen LogP contribution in [0.15, 0.2) is 45.0 Å². The molecule has 2 aromatic heterocycles. The molecule has 0 unspecified atom stereocenters. The van der Waals surface area contributed by atoms with E-state index in [1.165, 1.54) is 17.3 Å². The molecule has 0 saturated heterocycles. The largest absolute Gasteiger partial charge is 0.411 e. The van der Waals surface area contributed by atoms with Crippen LogP contribution in [0.2, 0.25) is 5.15 Å². The summed E-state index contributed by atoms with van der Waals surface area (Å²) in [5.74, 6) is 1.74. The van der Waals surface area contributed by atoms with Crippen molar-refractivity contribution in [3.8, 4) is 11.5 Å². The average Bonchev–Trinajstić information content (AvgIpc) is 3.28. The van der Waals surface area contributed by atoms with Gasteiger partial charge in [0, 0.05) is 17.5 Å². The lowest BCUT2D eigenvalue weighted by Crippen LogP contribution is -1.94. The van der Waals surface area contributed by atoms with Crippen molar-refractivity contribution in [3.63, 3.8) is 0 Å². The van der Waals surface area contributed by atoms with Gasteiger partial charge >= 0.3 is 0 Å². The van der Waals surface area contributed by atoms with Gasteiger partial charge in [0.2, 0.25) is 5.89 Å². The highest BCUT2D eigenvalue weighted by molar-refractivity contribution is 7.99. The van der Waals surface area contributed by atoms with Gasteiger partial charge in [-0.1, -0.05) is 29.3 Å². The second-order valence-corrected chi connectivity index (χ2v) is 6.86. The van der Waals surface area contributed by atoms with E-state index in [1.807, 2.05) is 31.2 Å². The Kier molecular flexibility index (Phi) is 3.79. The summed E-state index contributed by atoms with van der Waals surface area (Å²) < 4.78 is 5.71. The van der Waals surface area contributed by atoms with E-state index in [1.54, 1.807) is 6.07 Å². The minimum absolute atomic E-state index is 0.442. The number of halogens is 1. The molecule has 23 heavy (non-hydrogen) atoms. The van der Waals surface area contributed by atoms with E-state index in [9.17, 15) is 0 Å². The summed E-state index contributed by atoms with van der Waals surface area (Å²) in [5.41, 5.74) is 2.08. The second kappa shape index (κ2) is 5.94. The summed E-state index contributed by atoms with van der Waals surface area (Å²) in [6.07, 6.45) is 2.26. The van der Waals surface area contributed by atoms with Gasteiger partial charge in [-0.15, -0.1) is 10.2 Å². The Bertz CT molecular complexity index is 846. The van der Waals surface area contributed by atoms with Crippen LogP contribution in [0, 0.1) is 6.92 Å². The first-order valence-corrected chi connectivity index (χ1v) is 8.50. The van der Waals surface area contributed by atoms with Gasteiger partial charge in [0.25, 0.3) is 5.22 Å². The van der Waals surface area contributed by atoms with Crippen molar-refractivity contribution < 1.29 is 4.42 Å². The highest BCUT2D eigenvalue weighted by Crippen LogP contribution is 2.39. The van der Waals surface area contributed by atoms with Gasteiger partial charge in [-0.25, -0.2) is 9.97 Å². The third-order valence-corrected chi connectivity index (χ3v) is 4.48. The fraction of sp³-hybridized carbons (Fsp3) is 0.250. The van der Waals surface area contributed by atoms with E-state index >= 15 is 0 Å². The molecule has 116 valence electrons. The summed E-state index contributed by atoms with van der Waals surface area (Å²) in [4.78, 5) is 8.80. The summed E-state index contributed by atoms with van der Waals surface area (Å²) in [6, 6.07) is 9.67. The predicted octanol–water partition coefficient (Wildman–Crippen LogP) is 4.52. The number of benzene rings is 1. The quantitative estimate of drug-likeness (QED) is 0.648. The maximum atomic E-state index is 6.07. The Balaban J connectivity index is 1.56. The lowest BCUT2D eigenvalue weighted by molar-refractivity contribution is 0.465. The molecule has 1 fully saturated rings. The Hall–Kier alpha value is -1.92. The molecule has 0 bridgehead atoms. The van der Waals surface area contributed by atoms with Crippen molar-refractivity contribution >= 4 is 23.4 Å². The average molecular weight is 345 g/mol. The summed E-state index contributed by atoms with van der Waals surface area (Å²) in [6.45, 7) is 2.04. The maximum absolute atomic E-state index is 6.07. The molecule has 1 aliphatic carbocycles. The molecule has 1 saturated carbocycles. The lowest BCUT2D eigenvalue weighted by atomic mass is 10.1. The molecule has 0 radical (unpaired) electrons. The van der Waals surface area contributed by atoms with Crippen LogP contribution in [0.4, 0.5) is 0 Å². The molecular weight excluding hydrogens is 332 g/mol. The first-order valence-electron chi connectivity index (χ1n) is 7.30. The summed E-state index contributed by atoms with van der Waals surface area (Å²) in [5, 5.41) is 9.78. The van der Waals surface area contributed by atoms with Crippen molar-refractivity contribution in [2.75, 3.05) is 0 Å². The van der Waals surface area contributed by atoms with Crippen LogP contribution in [-0.2, 0) is 0 Å². The van der Waals surface area contributed by atoms with Crippen LogP contribution in [0.1, 0.15) is 30.1 Å². The van der Waals surface area contributed by atoms with Gasteiger partial charge in [-0.2, -0.15) is 0 Å². The number of rotatable bonds is 4. The standard InChI is InChI=1S/C16H13ClN4OS/c1-9-2-4-11(5-3-9)15-20-21-16(22-15)23-13-8-12(17)18-14(19-13)10-6-7-10/h2-5,8,10H,6-7H2,1H3. The Morgan fingerprint density at radius 3 is 2.65 bits per heavy atom. The zero-order chi connectivity index (χ0) is 15.8. The molecule has 1 aliphatic rings. The number of hydrogen-bond acceptors (Lipinski definition) is 6. The van der Waals surface area contributed by atoms with Gasteiger partial charge in [0.1, 0.15) is 16.0 Å². The molecule has 0 spiro atoms. The molecule has 4 rings (SSSR count). The highest BCUT2D eigenvalue weighted by Gasteiger charge is 2.27. The van der Waals surface area contributed by atoms with E-state index in [-0.39, 0.29) is 0 Å². The lowest BCUT2D eigenvalue weighted by Gasteiger charge is -2.01. The molecule has 0 N–H and O–H groups in total. The highest BCUT2D eigenvalue weighted by atomic mass is 35.5. The van der Waals surface area contributed by atoms with Gasteiger partial charge in [-0.05, 0) is 43.7 Å². The van der Waals surface area contributed by atoms with Gasteiger partial charge in [0.05, 0.1) is 0 Å². The smallest absolute Gasteiger partial charge is 0.283 e. The SMILES string of the molecule is Cc1ccc(-c2nnc(Sc3cc(Cl)nc(C4CC4)n3)o2)cc1. The fourth-order valence-corrected chi connectivity index (χ4v) is 3.09. The van der Waals surface area contributed by atoms with E-state index in [0.717, 1.165) is 29.3 Å². The first-order chi connectivity index (χ1) is 11.2. The van der Waals surface area contributed by atoms with Crippen molar-refractivity contribution in [2.45, 2.75) is 35.9 Å². The molecule has 0 aliphatic heterocycles. The van der Waals surface area contributed by atoms with Crippen LogP contribution in [0.25, 0.3) is 11.5 Å². The van der Waals surface area contributed by atoms with Crippen LogP contribution in [0.5, 0.6) is 0 Å². The van der Waals surface area contributed by atoms with Gasteiger partial charge in [0.15, 0.2) is 0 Å². The molecule has 1 aromatic carbocycles. The topological polar surface area (TPSA) is 64.7 Å². The Labute approximate surface area is 142 Å². The van der Waals surface area contributed by atoms with Gasteiger partial charge in [-0.3, -0.25) is 0 Å². The molecule has 0 amide bonds. The molecule has 2 heterocycles. The van der Waals surface area contributed by atoms with E-state index in [4.69, 9.17) is 16.0 Å². The summed E-state index contributed by atoms with van der Waals surface area (Å²) >= 11 is 7.38. The van der Waals surface area contributed by atoms with E-state index in [0.29, 0.717) is 22.2 Å². The zero-order valence-corrected chi connectivity index (χ0v) is 13.9. The molecule has 5 nitrogen and oxygen atoms in total. The minimum atomic E-state index is 0.442. The fourth-order valence-electron chi connectivity index (χ4n) is 2.14. The molecule has 7 heteroatoms. The van der Waals surface area contributed by atoms with E-state index in [2.05, 4.69) is 20.2 Å². The normalized spacial score (nSPS) is 14.2. The van der Waals surface area contributed by atoms with Crippen LogP contribution < -0.4 is 0 Å². The zero-order valence-electron chi connectivity index (χ0n) is 12.4. The van der Waals surface area contributed by atoms with Gasteiger partial charge < -0.3 is 4.42 Å². The van der Waals surface area contributed by atoms with Crippen molar-refractivity contribution in [2.24, 2.45) is 0 Å². The predicted molar refractivity (Wildman–Crippen MR) is 87.6 cm³/mol. The summed E-state index contributed by atoms with van der Waals surface area (Å²) in [7, 11) is 0. The number of hydrogen-bond donors (Lipinski definition) is 0. The van der Waals surface area contributed by atoms with Crippen molar-refractivity contribution in [3.05, 3.63) is 46.9 Å². The first kappa shape index (κ1) is 14.7. The van der Waals surface area contributed by atoms with E-state index < -0.39 is 0 Å². The second-order valence-electron chi connectivity index (χ2n) is 5.50. The Morgan fingerprint density at radius 2 is 1.91 bits per heavy atom. The molecule has 3 aromatic rings. The van der Waals surface area contributed by atoms with Crippen LogP contribution >= 0.6 is 23.4 Å². The third kappa shape index (κ3) is 3.38. The van der Waals surface area contributed by atoms with Crippen LogP contribution in [-0.4, -0.2) is 20.2 Å². The number of nitrogens with zero attached hydrogens (tertiary/aromatic N) is 4. The molecular formula is C16H13ClN4OS. The molecule has 0 atom stereocenters. The Morgan fingerprint density at radius 1 is 1.13 bits per heavy atom. The maximum Gasteiger partial charge on any atom is 0.283 e. The third-order valence-electron chi connectivity index (χ3n) is 3.53. The number of aryl methyl sites for hydroxylation is 1. The van der Waals surface area contributed by atoms with Crippen LogP contribution in [0.3, 0.4) is 0 Å². The minimum Gasteiger partial charge on any atom is -0.411 e. The van der Waals surface area contributed by atoms with Crippen molar-refractivity contribution in [1.82, 2.24) is 20.2 Å². The van der Waals surface area contributed by atoms with Crippen molar-refractivity contribution in [1.29, 1.82) is 0 Å².